The summed E-state index contributed by atoms with van der Waals surface area (Å²) in [6, 6.07) is 11.5. The van der Waals surface area contributed by atoms with Gasteiger partial charge in [0.25, 0.3) is 5.91 Å². The molecule has 0 unspecified atom stereocenters. The fourth-order valence-corrected chi connectivity index (χ4v) is 3.22. The predicted octanol–water partition coefficient (Wildman–Crippen LogP) is 3.73. The zero-order valence-corrected chi connectivity index (χ0v) is 19.1. The number of hydrogen-bond acceptors (Lipinski definition) is 5. The molecule has 3 rings (SSSR count). The summed E-state index contributed by atoms with van der Waals surface area (Å²) in [4.78, 5) is 31.5. The fourth-order valence-electron chi connectivity index (χ4n) is 3.22. The van der Waals surface area contributed by atoms with Crippen molar-refractivity contribution in [2.24, 2.45) is 5.73 Å². The number of nitrogens with two attached hydrogens (primary N) is 1. The lowest BCUT2D eigenvalue weighted by atomic mass is 10.1. The van der Waals surface area contributed by atoms with Gasteiger partial charge in [-0.15, -0.1) is 0 Å². The van der Waals surface area contributed by atoms with Crippen molar-refractivity contribution in [3.8, 4) is 11.1 Å². The molecule has 0 spiro atoms. The summed E-state index contributed by atoms with van der Waals surface area (Å²) in [5, 5.41) is 5.46. The molecule has 0 bridgehead atoms. The number of ether oxygens (including phenoxy) is 1. The number of alkyl carbamates (subject to hydrolysis) is 1. The van der Waals surface area contributed by atoms with Gasteiger partial charge in [0.15, 0.2) is 5.82 Å². The third-order valence-electron chi connectivity index (χ3n) is 4.82. The van der Waals surface area contributed by atoms with Crippen LogP contribution in [0.3, 0.4) is 0 Å². The summed E-state index contributed by atoms with van der Waals surface area (Å²) in [6.07, 6.45) is 0.821. The van der Waals surface area contributed by atoms with Gasteiger partial charge in [0, 0.05) is 19.1 Å². The number of nitrogens with one attached hydrogen (secondary N) is 3. The first-order chi connectivity index (χ1) is 15.6. The molecule has 2 aromatic carbocycles. The molecule has 1 aromatic heterocycles. The molecule has 33 heavy (non-hydrogen) atoms. The standard InChI is InChI=1S/C24H30FN5O3/c1-24(2,3)33-23(32)27-12-4-5-18(26)14-28-22(31)21-29-19-11-8-16(13-20(19)30-21)15-6-9-17(25)10-7-15/h6-11,13,18H,4-5,12,14,26H2,1-3H3,(H,27,32)(H,28,31)(H,29,30)/t18-/m1/s1. The Morgan fingerprint density at radius 2 is 1.82 bits per heavy atom. The Morgan fingerprint density at radius 1 is 1.12 bits per heavy atom. The van der Waals surface area contributed by atoms with Crippen LogP contribution in [0.2, 0.25) is 0 Å². The van der Waals surface area contributed by atoms with E-state index in [4.69, 9.17) is 10.5 Å². The Hall–Kier alpha value is -3.46. The van der Waals surface area contributed by atoms with E-state index in [0.29, 0.717) is 30.4 Å². The maximum Gasteiger partial charge on any atom is 0.407 e. The highest BCUT2D eigenvalue weighted by atomic mass is 19.1. The van der Waals surface area contributed by atoms with E-state index in [0.717, 1.165) is 11.1 Å². The topological polar surface area (TPSA) is 122 Å². The smallest absolute Gasteiger partial charge is 0.407 e. The van der Waals surface area contributed by atoms with E-state index in [1.165, 1.54) is 12.1 Å². The van der Waals surface area contributed by atoms with Crippen LogP contribution in [0.25, 0.3) is 22.2 Å². The van der Waals surface area contributed by atoms with Gasteiger partial charge in [0.05, 0.1) is 11.0 Å². The van der Waals surface area contributed by atoms with Crippen molar-refractivity contribution >= 4 is 23.0 Å². The summed E-state index contributed by atoms with van der Waals surface area (Å²) in [5.74, 6) is -0.449. The highest BCUT2D eigenvalue weighted by molar-refractivity contribution is 5.94. The van der Waals surface area contributed by atoms with Gasteiger partial charge in [-0.1, -0.05) is 18.2 Å². The molecule has 0 aliphatic rings. The zero-order valence-electron chi connectivity index (χ0n) is 19.1. The van der Waals surface area contributed by atoms with Crippen LogP contribution in [-0.2, 0) is 4.74 Å². The van der Waals surface area contributed by atoms with Crippen LogP contribution in [0.1, 0.15) is 44.2 Å². The Labute approximate surface area is 192 Å². The largest absolute Gasteiger partial charge is 0.444 e. The number of carbonyl (C=O) groups is 2. The van der Waals surface area contributed by atoms with E-state index in [2.05, 4.69) is 20.6 Å². The Bertz CT molecular complexity index is 1110. The number of imidazole rings is 1. The second-order valence-electron chi connectivity index (χ2n) is 8.87. The summed E-state index contributed by atoms with van der Waals surface area (Å²) in [6.45, 7) is 6.13. The van der Waals surface area contributed by atoms with Gasteiger partial charge in [0.2, 0.25) is 0 Å². The SMILES string of the molecule is CC(C)(C)OC(=O)NCCC[C@@H](N)CNC(=O)c1nc2ccc(-c3ccc(F)cc3)cc2[nH]1. The molecule has 1 heterocycles. The first-order valence-corrected chi connectivity index (χ1v) is 10.9. The molecule has 0 fully saturated rings. The Balaban J connectivity index is 1.47. The predicted molar refractivity (Wildman–Crippen MR) is 125 cm³/mol. The van der Waals surface area contributed by atoms with Crippen molar-refractivity contribution < 1.29 is 18.7 Å². The summed E-state index contributed by atoms with van der Waals surface area (Å²) in [5.41, 5.74) is 8.65. The van der Waals surface area contributed by atoms with Gasteiger partial charge in [-0.2, -0.15) is 0 Å². The number of fused-ring (bicyclic) bond motifs is 1. The number of nitrogens with zero attached hydrogens (tertiary/aromatic N) is 1. The van der Waals surface area contributed by atoms with Crippen LogP contribution >= 0.6 is 0 Å². The number of rotatable bonds is 8. The average Bonchev–Trinajstić information content (AvgIpc) is 3.18. The van der Waals surface area contributed by atoms with Crippen LogP contribution in [0.4, 0.5) is 9.18 Å². The highest BCUT2D eigenvalue weighted by Gasteiger charge is 2.16. The van der Waals surface area contributed by atoms with Crippen molar-refractivity contribution in [1.82, 2.24) is 20.6 Å². The fraction of sp³-hybridized carbons (Fsp3) is 0.375. The van der Waals surface area contributed by atoms with Gasteiger partial charge < -0.3 is 26.1 Å². The molecular formula is C24H30FN5O3. The first kappa shape index (κ1) is 24.2. The van der Waals surface area contributed by atoms with E-state index in [-0.39, 0.29) is 30.1 Å². The summed E-state index contributed by atoms with van der Waals surface area (Å²) < 4.78 is 18.3. The number of benzene rings is 2. The number of aromatic nitrogens is 2. The molecule has 1 atom stereocenters. The maximum atomic E-state index is 13.2. The zero-order chi connectivity index (χ0) is 24.0. The average molecular weight is 456 g/mol. The second-order valence-corrected chi connectivity index (χ2v) is 8.87. The van der Waals surface area contributed by atoms with Crippen molar-refractivity contribution in [2.45, 2.75) is 45.3 Å². The number of amides is 2. The van der Waals surface area contributed by atoms with E-state index >= 15 is 0 Å². The molecule has 3 aromatic rings. The van der Waals surface area contributed by atoms with Crippen molar-refractivity contribution in [3.05, 3.63) is 54.1 Å². The number of H-pyrrole nitrogens is 1. The molecule has 0 aliphatic heterocycles. The maximum absolute atomic E-state index is 13.2. The number of aromatic amines is 1. The van der Waals surface area contributed by atoms with Gasteiger partial charge in [-0.3, -0.25) is 4.79 Å². The minimum atomic E-state index is -0.538. The van der Waals surface area contributed by atoms with Crippen LogP contribution in [0.5, 0.6) is 0 Å². The first-order valence-electron chi connectivity index (χ1n) is 10.9. The van der Waals surface area contributed by atoms with Gasteiger partial charge >= 0.3 is 6.09 Å². The molecule has 0 radical (unpaired) electrons. The minimum absolute atomic E-state index is 0.194. The minimum Gasteiger partial charge on any atom is -0.444 e. The van der Waals surface area contributed by atoms with E-state index in [9.17, 15) is 14.0 Å². The van der Waals surface area contributed by atoms with E-state index in [1.807, 2.05) is 18.2 Å². The van der Waals surface area contributed by atoms with Crippen LogP contribution in [-0.4, -0.2) is 46.7 Å². The van der Waals surface area contributed by atoms with E-state index < -0.39 is 11.7 Å². The third kappa shape index (κ3) is 7.28. The summed E-state index contributed by atoms with van der Waals surface area (Å²) in [7, 11) is 0. The molecule has 8 nitrogen and oxygen atoms in total. The molecular weight excluding hydrogens is 425 g/mol. The molecule has 176 valence electrons. The van der Waals surface area contributed by atoms with Gasteiger partial charge in [0.1, 0.15) is 11.4 Å². The van der Waals surface area contributed by atoms with Crippen molar-refractivity contribution in [2.75, 3.05) is 13.1 Å². The molecule has 0 saturated heterocycles. The van der Waals surface area contributed by atoms with Crippen molar-refractivity contribution in [3.63, 3.8) is 0 Å². The van der Waals surface area contributed by atoms with Gasteiger partial charge in [-0.05, 0) is 69.0 Å². The van der Waals surface area contributed by atoms with Crippen LogP contribution in [0, 0.1) is 5.82 Å². The quantitative estimate of drug-likeness (QED) is 0.386. The van der Waals surface area contributed by atoms with Gasteiger partial charge in [-0.25, -0.2) is 14.2 Å². The normalized spacial score (nSPS) is 12.4. The Morgan fingerprint density at radius 3 is 2.52 bits per heavy atom. The second kappa shape index (κ2) is 10.4. The molecule has 0 aliphatic carbocycles. The number of halogens is 1. The Kier molecular flexibility index (Phi) is 7.65. The molecule has 2 amide bonds. The van der Waals surface area contributed by atoms with Crippen molar-refractivity contribution in [1.29, 1.82) is 0 Å². The van der Waals surface area contributed by atoms with E-state index in [1.54, 1.807) is 32.9 Å². The van der Waals surface area contributed by atoms with Crippen LogP contribution < -0.4 is 16.4 Å². The lowest BCUT2D eigenvalue weighted by molar-refractivity contribution is 0.0526. The highest BCUT2D eigenvalue weighted by Crippen LogP contribution is 2.23. The number of hydrogen-bond donors (Lipinski definition) is 4. The molecule has 9 heteroatoms. The summed E-state index contributed by atoms with van der Waals surface area (Å²) >= 11 is 0. The monoisotopic (exact) mass is 455 g/mol. The molecule has 5 N–H and O–H groups in total. The third-order valence-corrected chi connectivity index (χ3v) is 4.82. The number of carbonyl (C=O) groups excluding carboxylic acids is 2. The van der Waals surface area contributed by atoms with Crippen LogP contribution in [0.15, 0.2) is 42.5 Å². The lowest BCUT2D eigenvalue weighted by Crippen LogP contribution is -2.38. The lowest BCUT2D eigenvalue weighted by Gasteiger charge is -2.19. The molecule has 0 saturated carbocycles.